The Kier molecular flexibility index (Phi) is 7.40. The number of rotatable bonds is 10. The molecular formula is C28H31N3O2. The van der Waals surface area contributed by atoms with Crippen molar-refractivity contribution >= 4 is 16.9 Å². The van der Waals surface area contributed by atoms with Crippen LogP contribution in [0.4, 0.5) is 0 Å². The number of unbranched alkanes of at least 4 members (excludes halogenated alkanes) is 2. The van der Waals surface area contributed by atoms with E-state index in [0.717, 1.165) is 43.6 Å². The van der Waals surface area contributed by atoms with E-state index in [0.29, 0.717) is 17.9 Å². The first-order chi connectivity index (χ1) is 16.2. The normalized spacial score (nSPS) is 11.0. The van der Waals surface area contributed by atoms with Gasteiger partial charge >= 0.3 is 0 Å². The van der Waals surface area contributed by atoms with Crippen LogP contribution < -0.4 is 10.1 Å². The Bertz CT molecular complexity index is 1230. The third-order valence-electron chi connectivity index (χ3n) is 6.04. The van der Waals surface area contributed by atoms with Crippen molar-refractivity contribution in [3.8, 4) is 5.75 Å². The molecule has 1 amide bonds. The number of aromatic nitrogens is 2. The number of para-hydroxylation sites is 3. The van der Waals surface area contributed by atoms with Gasteiger partial charge < -0.3 is 14.6 Å². The van der Waals surface area contributed by atoms with Crippen molar-refractivity contribution in [2.45, 2.75) is 39.2 Å². The Morgan fingerprint density at radius 1 is 0.939 bits per heavy atom. The molecule has 5 heteroatoms. The topological polar surface area (TPSA) is 56.1 Å². The first kappa shape index (κ1) is 22.6. The van der Waals surface area contributed by atoms with Crippen molar-refractivity contribution in [1.82, 2.24) is 14.9 Å². The molecule has 33 heavy (non-hydrogen) atoms. The molecule has 0 spiro atoms. The highest BCUT2D eigenvalue weighted by molar-refractivity contribution is 5.96. The number of hydrogen-bond donors (Lipinski definition) is 1. The number of amides is 1. The number of aryl methyl sites for hydroxylation is 2. The molecule has 4 rings (SSSR count). The molecule has 5 nitrogen and oxygen atoms in total. The van der Waals surface area contributed by atoms with Gasteiger partial charge in [0.2, 0.25) is 0 Å². The third-order valence-corrected chi connectivity index (χ3v) is 6.04. The molecule has 170 valence electrons. The molecule has 1 aromatic heterocycles. The summed E-state index contributed by atoms with van der Waals surface area (Å²) < 4.78 is 7.62. The van der Waals surface area contributed by atoms with Crippen molar-refractivity contribution in [2.75, 3.05) is 13.7 Å². The molecule has 1 heterocycles. The summed E-state index contributed by atoms with van der Waals surface area (Å²) in [5, 5.41) is 3.00. The van der Waals surface area contributed by atoms with Gasteiger partial charge in [-0.15, -0.1) is 0 Å². The van der Waals surface area contributed by atoms with Crippen LogP contribution in [0.1, 0.15) is 46.6 Å². The number of ether oxygens (including phenoxy) is 1. The maximum Gasteiger partial charge on any atom is 0.255 e. The fraction of sp³-hybridized carbons (Fsp3) is 0.286. The Morgan fingerprint density at radius 3 is 2.55 bits per heavy atom. The SMILES string of the molecule is COc1ccccc1C(=O)NCCCCCc1nc2ccccc2n1Cc1ccccc1C. The van der Waals surface area contributed by atoms with Crippen molar-refractivity contribution in [1.29, 1.82) is 0 Å². The van der Waals surface area contributed by atoms with E-state index in [1.807, 2.05) is 18.2 Å². The van der Waals surface area contributed by atoms with Crippen LogP contribution in [0.3, 0.4) is 0 Å². The number of carbonyl (C=O) groups excluding carboxylic acids is 1. The van der Waals surface area contributed by atoms with E-state index >= 15 is 0 Å². The zero-order chi connectivity index (χ0) is 23.0. The van der Waals surface area contributed by atoms with E-state index in [2.05, 4.69) is 59.3 Å². The molecule has 0 aliphatic carbocycles. The Hall–Kier alpha value is -3.60. The number of hydrogen-bond acceptors (Lipinski definition) is 3. The van der Waals surface area contributed by atoms with Gasteiger partial charge in [-0.3, -0.25) is 4.79 Å². The molecule has 0 aliphatic heterocycles. The van der Waals surface area contributed by atoms with Crippen molar-refractivity contribution < 1.29 is 9.53 Å². The summed E-state index contributed by atoms with van der Waals surface area (Å²) in [7, 11) is 1.58. The number of imidazole rings is 1. The number of methoxy groups -OCH3 is 1. The van der Waals surface area contributed by atoms with Gasteiger partial charge in [0.1, 0.15) is 11.6 Å². The van der Waals surface area contributed by atoms with Crippen LogP contribution >= 0.6 is 0 Å². The lowest BCUT2D eigenvalue weighted by Gasteiger charge is -2.12. The molecule has 0 aliphatic rings. The minimum Gasteiger partial charge on any atom is -0.496 e. The van der Waals surface area contributed by atoms with E-state index in [1.54, 1.807) is 19.2 Å². The fourth-order valence-corrected chi connectivity index (χ4v) is 4.16. The largest absolute Gasteiger partial charge is 0.496 e. The molecule has 0 bridgehead atoms. The summed E-state index contributed by atoms with van der Waals surface area (Å²) in [6.07, 6.45) is 3.90. The van der Waals surface area contributed by atoms with Crippen LogP contribution in [-0.4, -0.2) is 29.1 Å². The maximum atomic E-state index is 12.4. The number of nitrogens with one attached hydrogen (secondary N) is 1. The number of fused-ring (bicyclic) bond motifs is 1. The molecule has 1 N–H and O–H groups in total. The predicted octanol–water partition coefficient (Wildman–Crippen LogP) is 5.54. The zero-order valence-electron chi connectivity index (χ0n) is 19.4. The van der Waals surface area contributed by atoms with Crippen molar-refractivity contribution in [2.24, 2.45) is 0 Å². The summed E-state index contributed by atoms with van der Waals surface area (Å²) in [6.45, 7) is 3.64. The van der Waals surface area contributed by atoms with Crippen LogP contribution in [0, 0.1) is 6.92 Å². The van der Waals surface area contributed by atoms with Gasteiger partial charge in [0.15, 0.2) is 0 Å². The molecule has 0 unspecified atom stereocenters. The van der Waals surface area contributed by atoms with Gasteiger partial charge in [-0.25, -0.2) is 4.98 Å². The molecule has 0 atom stereocenters. The van der Waals surface area contributed by atoms with E-state index in [-0.39, 0.29) is 5.91 Å². The van der Waals surface area contributed by atoms with Crippen molar-refractivity contribution in [3.63, 3.8) is 0 Å². The summed E-state index contributed by atoms with van der Waals surface area (Å²) in [4.78, 5) is 17.3. The van der Waals surface area contributed by atoms with Crippen LogP contribution in [0.2, 0.25) is 0 Å². The summed E-state index contributed by atoms with van der Waals surface area (Å²) in [6, 6.07) is 24.2. The fourth-order valence-electron chi connectivity index (χ4n) is 4.16. The smallest absolute Gasteiger partial charge is 0.255 e. The minimum absolute atomic E-state index is 0.0903. The lowest BCUT2D eigenvalue weighted by atomic mass is 10.1. The van der Waals surface area contributed by atoms with Gasteiger partial charge in [0.25, 0.3) is 5.91 Å². The lowest BCUT2D eigenvalue weighted by Crippen LogP contribution is -2.24. The number of nitrogens with zero attached hydrogens (tertiary/aromatic N) is 2. The van der Waals surface area contributed by atoms with Crippen LogP contribution in [0.25, 0.3) is 11.0 Å². The minimum atomic E-state index is -0.0903. The van der Waals surface area contributed by atoms with Gasteiger partial charge in [-0.1, -0.05) is 55.0 Å². The second kappa shape index (κ2) is 10.8. The summed E-state index contributed by atoms with van der Waals surface area (Å²) in [5.74, 6) is 1.63. The highest BCUT2D eigenvalue weighted by atomic mass is 16.5. The molecule has 0 fully saturated rings. The highest BCUT2D eigenvalue weighted by Gasteiger charge is 2.12. The third kappa shape index (κ3) is 5.43. The van der Waals surface area contributed by atoms with Crippen molar-refractivity contribution in [3.05, 3.63) is 95.3 Å². The van der Waals surface area contributed by atoms with Gasteiger partial charge in [0, 0.05) is 19.5 Å². The van der Waals surface area contributed by atoms with Gasteiger partial charge in [-0.05, 0) is 55.2 Å². The van der Waals surface area contributed by atoms with Crippen LogP contribution in [0.5, 0.6) is 5.75 Å². The number of benzene rings is 3. The van der Waals surface area contributed by atoms with E-state index in [9.17, 15) is 4.79 Å². The Labute approximate surface area is 195 Å². The summed E-state index contributed by atoms with van der Waals surface area (Å²) >= 11 is 0. The maximum absolute atomic E-state index is 12.4. The first-order valence-electron chi connectivity index (χ1n) is 11.6. The van der Waals surface area contributed by atoms with E-state index in [1.165, 1.54) is 16.6 Å². The molecule has 3 aromatic carbocycles. The first-order valence-corrected chi connectivity index (χ1v) is 11.6. The van der Waals surface area contributed by atoms with E-state index < -0.39 is 0 Å². The van der Waals surface area contributed by atoms with Crippen LogP contribution in [0.15, 0.2) is 72.8 Å². The summed E-state index contributed by atoms with van der Waals surface area (Å²) in [5.41, 5.74) is 5.42. The molecule has 0 radical (unpaired) electrons. The molecule has 0 saturated carbocycles. The van der Waals surface area contributed by atoms with E-state index in [4.69, 9.17) is 9.72 Å². The van der Waals surface area contributed by atoms with Gasteiger partial charge in [0.05, 0.1) is 23.7 Å². The molecule has 4 aromatic rings. The average Bonchev–Trinajstić information content (AvgIpc) is 3.19. The highest BCUT2D eigenvalue weighted by Crippen LogP contribution is 2.21. The predicted molar refractivity (Wildman–Crippen MR) is 133 cm³/mol. The van der Waals surface area contributed by atoms with Crippen LogP contribution in [-0.2, 0) is 13.0 Å². The molecule has 0 saturated heterocycles. The Balaban J connectivity index is 1.33. The second-order valence-electron chi connectivity index (χ2n) is 8.30. The quantitative estimate of drug-likeness (QED) is 0.329. The molecular weight excluding hydrogens is 410 g/mol. The Morgan fingerprint density at radius 2 is 1.70 bits per heavy atom. The lowest BCUT2D eigenvalue weighted by molar-refractivity contribution is 0.0950. The van der Waals surface area contributed by atoms with Gasteiger partial charge in [-0.2, -0.15) is 0 Å². The second-order valence-corrected chi connectivity index (χ2v) is 8.30. The zero-order valence-corrected chi connectivity index (χ0v) is 19.4. The number of carbonyl (C=O) groups is 1. The monoisotopic (exact) mass is 441 g/mol. The average molecular weight is 442 g/mol. The standard InChI is InChI=1S/C28H31N3O2/c1-21-12-5-6-13-22(21)20-31-25-16-9-8-15-24(25)30-27(31)18-4-3-11-19-29-28(32)23-14-7-10-17-26(23)33-2/h5-10,12-17H,3-4,11,18-20H2,1-2H3,(H,29,32).